The fourth-order valence-electron chi connectivity index (χ4n) is 2.37. The summed E-state index contributed by atoms with van der Waals surface area (Å²) in [5, 5.41) is 4.62. The Morgan fingerprint density at radius 1 is 1.21 bits per heavy atom. The van der Waals surface area contributed by atoms with E-state index in [0.29, 0.717) is 22.4 Å². The van der Waals surface area contributed by atoms with Gasteiger partial charge in [0, 0.05) is 17.1 Å². The van der Waals surface area contributed by atoms with Gasteiger partial charge in [0.05, 0.1) is 10.0 Å². The summed E-state index contributed by atoms with van der Waals surface area (Å²) in [7, 11) is 0. The molecule has 1 aromatic carbocycles. The molecule has 0 atom stereocenters. The molecular formula is C14H18BrCl2NO. The minimum atomic E-state index is 0.576. The Balaban J connectivity index is 1.69. The number of halogens is 3. The molecule has 1 aromatic rings. The van der Waals surface area contributed by atoms with E-state index in [1.165, 1.54) is 25.7 Å². The molecule has 0 heterocycles. The van der Waals surface area contributed by atoms with Crippen LogP contribution in [0.2, 0.25) is 10.0 Å². The number of rotatable bonds is 6. The summed E-state index contributed by atoms with van der Waals surface area (Å²) in [6.07, 6.45) is 5.50. The molecule has 2 nitrogen and oxygen atoms in total. The Hall–Kier alpha value is 0.0400. The van der Waals surface area contributed by atoms with Crippen molar-refractivity contribution < 1.29 is 4.74 Å². The van der Waals surface area contributed by atoms with Crippen molar-refractivity contribution in [1.29, 1.82) is 0 Å². The second-order valence-corrected chi connectivity index (χ2v) is 6.57. The van der Waals surface area contributed by atoms with Crippen LogP contribution in [0.4, 0.5) is 0 Å². The van der Waals surface area contributed by atoms with Gasteiger partial charge in [-0.05, 0) is 47.3 Å². The highest BCUT2D eigenvalue weighted by Crippen LogP contribution is 2.33. The fourth-order valence-corrected chi connectivity index (χ4v) is 3.22. The summed E-state index contributed by atoms with van der Waals surface area (Å²) in [6.45, 7) is 2.53. The zero-order chi connectivity index (χ0) is 13.7. The predicted octanol–water partition coefficient (Wildman–Crippen LogP) is 4.91. The lowest BCUT2D eigenvalue weighted by molar-refractivity contribution is 0.309. The molecule has 5 heteroatoms. The number of nitrogens with one attached hydrogen (secondary N) is 1. The van der Waals surface area contributed by atoms with Gasteiger partial charge in [0.25, 0.3) is 0 Å². The molecule has 0 radical (unpaired) electrons. The van der Waals surface area contributed by atoms with E-state index >= 15 is 0 Å². The van der Waals surface area contributed by atoms with Crippen LogP contribution >= 0.6 is 39.1 Å². The van der Waals surface area contributed by atoms with Gasteiger partial charge in [-0.15, -0.1) is 0 Å². The minimum Gasteiger partial charge on any atom is -0.491 e. The molecule has 1 aliphatic rings. The van der Waals surface area contributed by atoms with E-state index in [0.717, 1.165) is 23.5 Å². The van der Waals surface area contributed by atoms with Crippen LogP contribution in [0.15, 0.2) is 16.6 Å². The van der Waals surface area contributed by atoms with Gasteiger partial charge in [0.2, 0.25) is 0 Å². The van der Waals surface area contributed by atoms with Crippen LogP contribution in [-0.4, -0.2) is 19.7 Å². The Morgan fingerprint density at radius 2 is 1.95 bits per heavy atom. The zero-order valence-electron chi connectivity index (χ0n) is 10.7. The molecule has 106 valence electrons. The molecule has 0 amide bonds. The summed E-state index contributed by atoms with van der Waals surface area (Å²) >= 11 is 15.4. The maximum Gasteiger partial charge on any atom is 0.139 e. The van der Waals surface area contributed by atoms with E-state index < -0.39 is 0 Å². The molecule has 1 fully saturated rings. The van der Waals surface area contributed by atoms with E-state index in [9.17, 15) is 0 Å². The first-order valence-corrected chi connectivity index (χ1v) is 8.20. The maximum absolute atomic E-state index is 6.08. The third-order valence-electron chi connectivity index (χ3n) is 3.42. The van der Waals surface area contributed by atoms with E-state index in [1.54, 1.807) is 12.1 Å². The SMILES string of the molecule is Clc1cc(OCCNCC2CCCC2)c(Cl)cc1Br. The lowest BCUT2D eigenvalue weighted by atomic mass is 10.1. The van der Waals surface area contributed by atoms with Gasteiger partial charge in [0.1, 0.15) is 12.4 Å². The molecule has 0 saturated heterocycles. The molecule has 1 aliphatic carbocycles. The van der Waals surface area contributed by atoms with Crippen molar-refractivity contribution in [2.24, 2.45) is 5.92 Å². The van der Waals surface area contributed by atoms with Gasteiger partial charge in [-0.3, -0.25) is 0 Å². The molecular weight excluding hydrogens is 349 g/mol. The second kappa shape index (κ2) is 7.72. The first-order valence-electron chi connectivity index (χ1n) is 6.65. The number of hydrogen-bond acceptors (Lipinski definition) is 2. The molecule has 0 unspecified atom stereocenters. The summed E-state index contributed by atoms with van der Waals surface area (Å²) in [6, 6.07) is 3.50. The lowest BCUT2D eigenvalue weighted by Crippen LogP contribution is -2.26. The topological polar surface area (TPSA) is 21.3 Å². The van der Waals surface area contributed by atoms with Gasteiger partial charge in [-0.1, -0.05) is 36.0 Å². The average Bonchev–Trinajstić information content (AvgIpc) is 2.88. The fraction of sp³-hybridized carbons (Fsp3) is 0.571. The Kier molecular flexibility index (Phi) is 6.27. The number of hydrogen-bond donors (Lipinski definition) is 1. The molecule has 0 aromatic heterocycles. The molecule has 0 spiro atoms. The van der Waals surface area contributed by atoms with E-state index in [2.05, 4.69) is 21.2 Å². The van der Waals surface area contributed by atoms with E-state index in [4.69, 9.17) is 27.9 Å². The molecule has 19 heavy (non-hydrogen) atoms. The second-order valence-electron chi connectivity index (χ2n) is 4.90. The monoisotopic (exact) mass is 365 g/mol. The smallest absolute Gasteiger partial charge is 0.139 e. The summed E-state index contributed by atoms with van der Waals surface area (Å²) in [5.41, 5.74) is 0. The predicted molar refractivity (Wildman–Crippen MR) is 84.5 cm³/mol. The van der Waals surface area contributed by atoms with E-state index in [1.807, 2.05) is 0 Å². The molecule has 0 aliphatic heterocycles. The highest BCUT2D eigenvalue weighted by atomic mass is 79.9. The summed E-state index contributed by atoms with van der Waals surface area (Å²) < 4.78 is 6.42. The van der Waals surface area contributed by atoms with Crippen LogP contribution in [0.1, 0.15) is 25.7 Å². The van der Waals surface area contributed by atoms with Crippen LogP contribution < -0.4 is 10.1 Å². The first kappa shape index (κ1) is 15.4. The lowest BCUT2D eigenvalue weighted by Gasteiger charge is -2.12. The largest absolute Gasteiger partial charge is 0.491 e. The molecule has 0 bridgehead atoms. The Labute approximate surface area is 132 Å². The average molecular weight is 367 g/mol. The molecule has 2 rings (SSSR count). The number of ether oxygens (including phenoxy) is 1. The normalized spacial score (nSPS) is 15.9. The third kappa shape index (κ3) is 4.82. The standard InChI is InChI=1S/C14H18BrCl2NO/c15-11-7-13(17)14(8-12(11)16)19-6-5-18-9-10-3-1-2-4-10/h7-8,10,18H,1-6,9H2. The van der Waals surface area contributed by atoms with Crippen LogP contribution in [0, 0.1) is 5.92 Å². The van der Waals surface area contributed by atoms with Crippen LogP contribution in [0.5, 0.6) is 5.75 Å². The van der Waals surface area contributed by atoms with Gasteiger partial charge in [-0.25, -0.2) is 0 Å². The highest BCUT2D eigenvalue weighted by molar-refractivity contribution is 9.10. The summed E-state index contributed by atoms with van der Waals surface area (Å²) in [4.78, 5) is 0. The van der Waals surface area contributed by atoms with Crippen molar-refractivity contribution in [3.05, 3.63) is 26.7 Å². The van der Waals surface area contributed by atoms with Crippen molar-refractivity contribution in [2.45, 2.75) is 25.7 Å². The van der Waals surface area contributed by atoms with Crippen LogP contribution in [0.3, 0.4) is 0 Å². The van der Waals surface area contributed by atoms with Crippen LogP contribution in [-0.2, 0) is 0 Å². The van der Waals surface area contributed by atoms with Crippen molar-refractivity contribution in [3.63, 3.8) is 0 Å². The number of benzene rings is 1. The Bertz CT molecular complexity index is 422. The third-order valence-corrected chi connectivity index (χ3v) is 4.91. The van der Waals surface area contributed by atoms with Gasteiger partial charge < -0.3 is 10.1 Å². The zero-order valence-corrected chi connectivity index (χ0v) is 13.8. The van der Waals surface area contributed by atoms with Crippen molar-refractivity contribution in [3.8, 4) is 5.75 Å². The van der Waals surface area contributed by atoms with Crippen molar-refractivity contribution in [1.82, 2.24) is 5.32 Å². The first-order chi connectivity index (χ1) is 9.16. The molecule has 1 N–H and O–H groups in total. The summed E-state index contributed by atoms with van der Waals surface area (Å²) in [5.74, 6) is 1.49. The van der Waals surface area contributed by atoms with Crippen LogP contribution in [0.25, 0.3) is 0 Å². The van der Waals surface area contributed by atoms with Crippen molar-refractivity contribution in [2.75, 3.05) is 19.7 Å². The maximum atomic E-state index is 6.08. The minimum absolute atomic E-state index is 0.576. The van der Waals surface area contributed by atoms with Gasteiger partial charge in [-0.2, -0.15) is 0 Å². The molecule has 1 saturated carbocycles. The van der Waals surface area contributed by atoms with Gasteiger partial charge in [0.15, 0.2) is 0 Å². The van der Waals surface area contributed by atoms with Gasteiger partial charge >= 0.3 is 0 Å². The van der Waals surface area contributed by atoms with Crippen molar-refractivity contribution >= 4 is 39.1 Å². The van der Waals surface area contributed by atoms with E-state index in [-0.39, 0.29) is 0 Å². The quantitative estimate of drug-likeness (QED) is 0.570. The highest BCUT2D eigenvalue weighted by Gasteiger charge is 2.13. The Morgan fingerprint density at radius 3 is 2.68 bits per heavy atom.